The largest absolute Gasteiger partial charge is 0.356 e. The summed E-state index contributed by atoms with van der Waals surface area (Å²) in [5.74, 6) is 1.31. The van der Waals surface area contributed by atoms with Crippen molar-refractivity contribution in [3.05, 3.63) is 39.8 Å². The van der Waals surface area contributed by atoms with Crippen LogP contribution in [0.25, 0.3) is 0 Å². The molecule has 23 heavy (non-hydrogen) atoms. The van der Waals surface area contributed by atoms with Crippen LogP contribution in [0.3, 0.4) is 0 Å². The summed E-state index contributed by atoms with van der Waals surface area (Å²) < 4.78 is 2.07. The lowest BCUT2D eigenvalue weighted by Crippen LogP contribution is -2.39. The lowest BCUT2D eigenvalue weighted by Gasteiger charge is -2.16. The summed E-state index contributed by atoms with van der Waals surface area (Å²) in [7, 11) is 1.80. The van der Waals surface area contributed by atoms with E-state index in [-0.39, 0.29) is 24.0 Å². The van der Waals surface area contributed by atoms with Crippen LogP contribution in [0.15, 0.2) is 28.6 Å². The number of aryl methyl sites for hydroxylation is 2. The molecule has 0 saturated carbocycles. The molecule has 2 aromatic rings. The van der Waals surface area contributed by atoms with Gasteiger partial charge in [0.1, 0.15) is 0 Å². The van der Waals surface area contributed by atoms with Crippen LogP contribution in [0, 0.1) is 19.8 Å². The number of nitrogens with one attached hydrogen (secondary N) is 2. The molecule has 1 unspecified atom stereocenters. The van der Waals surface area contributed by atoms with Gasteiger partial charge >= 0.3 is 0 Å². The molecule has 0 radical (unpaired) electrons. The number of rotatable bonds is 6. The highest BCUT2D eigenvalue weighted by Crippen LogP contribution is 2.07. The van der Waals surface area contributed by atoms with Crippen molar-refractivity contribution in [3.8, 4) is 0 Å². The number of hydrogen-bond acceptors (Lipinski definition) is 3. The molecule has 128 valence electrons. The molecule has 0 spiro atoms. The summed E-state index contributed by atoms with van der Waals surface area (Å²) in [5, 5.41) is 13.3. The number of thiophene rings is 1. The zero-order valence-corrected chi connectivity index (χ0v) is 17.3. The van der Waals surface area contributed by atoms with E-state index in [0.29, 0.717) is 5.92 Å². The van der Waals surface area contributed by atoms with Crippen molar-refractivity contribution in [3.63, 3.8) is 0 Å². The monoisotopic (exact) mass is 447 g/mol. The molecule has 0 aliphatic heterocycles. The molecular weight excluding hydrogens is 421 g/mol. The van der Waals surface area contributed by atoms with Crippen molar-refractivity contribution >= 4 is 41.3 Å². The van der Waals surface area contributed by atoms with Crippen molar-refractivity contribution in [2.45, 2.75) is 33.9 Å². The van der Waals surface area contributed by atoms with Crippen LogP contribution < -0.4 is 10.6 Å². The van der Waals surface area contributed by atoms with E-state index in [1.165, 1.54) is 10.6 Å². The Morgan fingerprint density at radius 1 is 1.39 bits per heavy atom. The van der Waals surface area contributed by atoms with Gasteiger partial charge in [-0.15, -0.1) is 35.3 Å². The van der Waals surface area contributed by atoms with Crippen LogP contribution in [0.4, 0.5) is 0 Å². The van der Waals surface area contributed by atoms with E-state index in [9.17, 15) is 0 Å². The van der Waals surface area contributed by atoms with Crippen LogP contribution in [-0.4, -0.2) is 29.3 Å². The number of guanidine groups is 1. The number of halogens is 1. The van der Waals surface area contributed by atoms with E-state index in [0.717, 1.165) is 31.3 Å². The van der Waals surface area contributed by atoms with Gasteiger partial charge in [-0.2, -0.15) is 5.10 Å². The third-order valence-corrected chi connectivity index (χ3v) is 4.32. The standard InChI is InChI=1S/C16H25N5S.HI/c1-12(11-21-14(3)8-13(2)20-21)9-18-16(17-4)19-10-15-6-5-7-22-15;/h5-8,12H,9-11H2,1-4H3,(H2,17,18,19);1H. The third kappa shape index (κ3) is 6.50. The predicted molar refractivity (Wildman–Crippen MR) is 109 cm³/mol. The van der Waals surface area contributed by atoms with Crippen molar-refractivity contribution in [2.75, 3.05) is 13.6 Å². The normalized spacial score (nSPS) is 12.6. The van der Waals surface area contributed by atoms with Gasteiger partial charge in [-0.05, 0) is 37.3 Å². The molecule has 2 rings (SSSR count). The summed E-state index contributed by atoms with van der Waals surface area (Å²) >= 11 is 1.75. The van der Waals surface area contributed by atoms with Gasteiger partial charge in [0.25, 0.3) is 0 Å². The van der Waals surface area contributed by atoms with Gasteiger partial charge < -0.3 is 10.6 Å². The molecule has 0 saturated heterocycles. The van der Waals surface area contributed by atoms with Crippen LogP contribution in [-0.2, 0) is 13.1 Å². The quantitative estimate of drug-likeness (QED) is 0.407. The molecule has 0 aliphatic carbocycles. The van der Waals surface area contributed by atoms with E-state index < -0.39 is 0 Å². The Bertz CT molecular complexity index is 606. The fraction of sp³-hybridized carbons (Fsp3) is 0.500. The van der Waals surface area contributed by atoms with Crippen molar-refractivity contribution < 1.29 is 0 Å². The summed E-state index contributed by atoms with van der Waals surface area (Å²) in [4.78, 5) is 5.57. The first kappa shape index (κ1) is 20.0. The van der Waals surface area contributed by atoms with E-state index in [1.807, 2.05) is 6.92 Å². The minimum absolute atomic E-state index is 0. The Labute approximate surface area is 159 Å². The fourth-order valence-corrected chi connectivity index (χ4v) is 2.94. The second-order valence-corrected chi connectivity index (χ2v) is 6.63. The highest BCUT2D eigenvalue weighted by molar-refractivity contribution is 14.0. The number of nitrogens with zero attached hydrogens (tertiary/aromatic N) is 3. The van der Waals surface area contributed by atoms with E-state index in [4.69, 9.17) is 0 Å². The zero-order chi connectivity index (χ0) is 15.9. The van der Waals surface area contributed by atoms with E-state index in [2.05, 4.69) is 62.8 Å². The molecule has 2 N–H and O–H groups in total. The summed E-state index contributed by atoms with van der Waals surface area (Å²) in [6, 6.07) is 6.30. The van der Waals surface area contributed by atoms with Gasteiger partial charge in [-0.1, -0.05) is 13.0 Å². The first-order chi connectivity index (χ1) is 10.6. The third-order valence-electron chi connectivity index (χ3n) is 3.44. The summed E-state index contributed by atoms with van der Waals surface area (Å²) in [5.41, 5.74) is 2.29. The van der Waals surface area contributed by atoms with Gasteiger partial charge in [0.15, 0.2) is 5.96 Å². The molecule has 0 aliphatic rings. The predicted octanol–water partition coefficient (Wildman–Crippen LogP) is 3.18. The molecular formula is C16H26IN5S. The van der Waals surface area contributed by atoms with E-state index >= 15 is 0 Å². The zero-order valence-electron chi connectivity index (χ0n) is 14.2. The molecule has 0 fully saturated rings. The van der Waals surface area contributed by atoms with Gasteiger partial charge in [0.05, 0.1) is 12.2 Å². The SMILES string of the molecule is CN=C(NCc1cccs1)NCC(C)Cn1nc(C)cc1C.I. The van der Waals surface area contributed by atoms with Crippen molar-refractivity contribution in [1.29, 1.82) is 0 Å². The van der Waals surface area contributed by atoms with Gasteiger partial charge in [0, 0.05) is 30.7 Å². The minimum Gasteiger partial charge on any atom is -0.356 e. The number of hydrogen-bond donors (Lipinski definition) is 2. The molecule has 7 heteroatoms. The molecule has 0 amide bonds. The maximum Gasteiger partial charge on any atom is 0.191 e. The van der Waals surface area contributed by atoms with Crippen LogP contribution in [0.5, 0.6) is 0 Å². The van der Waals surface area contributed by atoms with Crippen molar-refractivity contribution in [2.24, 2.45) is 10.9 Å². The first-order valence-corrected chi connectivity index (χ1v) is 8.44. The molecule has 0 bridgehead atoms. The highest BCUT2D eigenvalue weighted by atomic mass is 127. The van der Waals surface area contributed by atoms with Crippen molar-refractivity contribution in [1.82, 2.24) is 20.4 Å². The van der Waals surface area contributed by atoms with Gasteiger partial charge in [0.2, 0.25) is 0 Å². The second kappa shape index (κ2) is 9.92. The average Bonchev–Trinajstić information content (AvgIpc) is 3.09. The Kier molecular flexibility index (Phi) is 8.60. The molecule has 2 heterocycles. The number of aliphatic imine (C=N–C) groups is 1. The lowest BCUT2D eigenvalue weighted by molar-refractivity contribution is 0.436. The second-order valence-electron chi connectivity index (χ2n) is 5.60. The average molecular weight is 447 g/mol. The topological polar surface area (TPSA) is 54.2 Å². The Hall–Kier alpha value is -1.09. The maximum absolute atomic E-state index is 4.51. The van der Waals surface area contributed by atoms with Gasteiger partial charge in [-0.25, -0.2) is 0 Å². The maximum atomic E-state index is 4.51. The fourth-order valence-electron chi connectivity index (χ4n) is 2.30. The molecule has 0 aromatic carbocycles. The Morgan fingerprint density at radius 2 is 2.17 bits per heavy atom. The summed E-state index contributed by atoms with van der Waals surface area (Å²) in [6.45, 7) is 8.93. The number of aromatic nitrogens is 2. The van der Waals surface area contributed by atoms with Crippen LogP contribution in [0.1, 0.15) is 23.2 Å². The highest BCUT2D eigenvalue weighted by Gasteiger charge is 2.08. The molecule has 1 atom stereocenters. The Balaban J connectivity index is 0.00000264. The van der Waals surface area contributed by atoms with Crippen LogP contribution >= 0.6 is 35.3 Å². The van der Waals surface area contributed by atoms with Gasteiger partial charge in [-0.3, -0.25) is 9.67 Å². The van der Waals surface area contributed by atoms with Crippen LogP contribution in [0.2, 0.25) is 0 Å². The smallest absolute Gasteiger partial charge is 0.191 e. The van der Waals surface area contributed by atoms with E-state index in [1.54, 1.807) is 18.4 Å². The Morgan fingerprint density at radius 3 is 2.74 bits per heavy atom. The molecule has 5 nitrogen and oxygen atoms in total. The summed E-state index contributed by atoms with van der Waals surface area (Å²) in [6.07, 6.45) is 0. The first-order valence-electron chi connectivity index (χ1n) is 7.56. The minimum atomic E-state index is 0. The lowest BCUT2D eigenvalue weighted by atomic mass is 10.2. The molecule has 2 aromatic heterocycles.